The summed E-state index contributed by atoms with van der Waals surface area (Å²) in [5.74, 6) is 0.0110. The summed E-state index contributed by atoms with van der Waals surface area (Å²) < 4.78 is 0. The van der Waals surface area contributed by atoms with Crippen molar-refractivity contribution in [2.75, 3.05) is 27.2 Å². The molecule has 0 spiro atoms. The van der Waals surface area contributed by atoms with E-state index in [-0.39, 0.29) is 11.9 Å². The van der Waals surface area contributed by atoms with Gasteiger partial charge in [0.1, 0.15) is 0 Å². The minimum Gasteiger partial charge on any atom is -0.335 e. The molecule has 3 nitrogen and oxygen atoms in total. The first-order chi connectivity index (χ1) is 6.02. The number of nitrogens with zero attached hydrogens (tertiary/aromatic N) is 2. The van der Waals surface area contributed by atoms with Crippen LogP contribution in [0.2, 0.25) is 0 Å². The first-order valence-electron chi connectivity index (χ1n) is 4.60. The molecule has 0 aliphatic carbocycles. The molecular weight excluding hydrogens is 164 g/mol. The van der Waals surface area contributed by atoms with Gasteiger partial charge in [0.2, 0.25) is 5.91 Å². The van der Waals surface area contributed by atoms with Gasteiger partial charge in [0, 0.05) is 19.1 Å². The lowest BCUT2D eigenvalue weighted by atomic mass is 10.2. The Balaban J connectivity index is 4.22. The first kappa shape index (κ1) is 12.2. The Kier molecular flexibility index (Phi) is 5.39. The number of amides is 1. The lowest BCUT2D eigenvalue weighted by Gasteiger charge is -2.29. The number of hydrogen-bond acceptors (Lipinski definition) is 2. The van der Waals surface area contributed by atoms with E-state index in [0.29, 0.717) is 0 Å². The molecule has 0 rings (SSSR count). The Morgan fingerprint density at radius 2 is 2.08 bits per heavy atom. The van der Waals surface area contributed by atoms with Crippen LogP contribution in [0.1, 0.15) is 13.8 Å². The second-order valence-electron chi connectivity index (χ2n) is 3.44. The van der Waals surface area contributed by atoms with Crippen molar-refractivity contribution >= 4 is 5.91 Å². The molecule has 0 radical (unpaired) electrons. The van der Waals surface area contributed by atoms with Gasteiger partial charge >= 0.3 is 0 Å². The summed E-state index contributed by atoms with van der Waals surface area (Å²) >= 11 is 0. The van der Waals surface area contributed by atoms with Crippen LogP contribution in [0.4, 0.5) is 0 Å². The Bertz CT molecular complexity index is 178. The second-order valence-corrected chi connectivity index (χ2v) is 3.44. The van der Waals surface area contributed by atoms with E-state index in [2.05, 4.69) is 11.5 Å². The van der Waals surface area contributed by atoms with Crippen LogP contribution in [0.5, 0.6) is 0 Å². The van der Waals surface area contributed by atoms with Crippen LogP contribution in [0.15, 0.2) is 12.7 Å². The van der Waals surface area contributed by atoms with E-state index in [1.807, 2.05) is 32.8 Å². The average Bonchev–Trinajstić information content (AvgIpc) is 2.03. The normalized spacial score (nSPS) is 12.7. The first-order valence-corrected chi connectivity index (χ1v) is 4.60. The third-order valence-electron chi connectivity index (χ3n) is 1.96. The Hall–Kier alpha value is -0.830. The van der Waals surface area contributed by atoms with Gasteiger partial charge < -0.3 is 9.80 Å². The van der Waals surface area contributed by atoms with Crippen molar-refractivity contribution in [2.45, 2.75) is 19.9 Å². The highest BCUT2D eigenvalue weighted by molar-refractivity contribution is 5.87. The smallest absolute Gasteiger partial charge is 0.246 e. The summed E-state index contributed by atoms with van der Waals surface area (Å²) in [6.45, 7) is 9.13. The number of hydrogen-bond donors (Lipinski definition) is 0. The molecule has 0 N–H and O–H groups in total. The fourth-order valence-corrected chi connectivity index (χ4v) is 1.43. The fourth-order valence-electron chi connectivity index (χ4n) is 1.43. The highest BCUT2D eigenvalue weighted by atomic mass is 16.2. The number of carbonyl (C=O) groups excluding carboxylic acids is 1. The minimum atomic E-state index is 0.0110. The van der Waals surface area contributed by atoms with Gasteiger partial charge in [0.05, 0.1) is 0 Å². The van der Waals surface area contributed by atoms with E-state index in [1.54, 1.807) is 0 Å². The quantitative estimate of drug-likeness (QED) is 0.594. The number of likely N-dealkylation sites (N-methyl/N-ethyl adjacent to an activating group) is 2. The zero-order valence-corrected chi connectivity index (χ0v) is 9.08. The van der Waals surface area contributed by atoms with Gasteiger partial charge in [0.25, 0.3) is 0 Å². The summed E-state index contributed by atoms with van der Waals surface area (Å²) in [5, 5.41) is 0. The lowest BCUT2D eigenvalue weighted by Crippen LogP contribution is -2.42. The van der Waals surface area contributed by atoms with Crippen molar-refractivity contribution in [3.8, 4) is 0 Å². The van der Waals surface area contributed by atoms with Crippen molar-refractivity contribution < 1.29 is 4.79 Å². The van der Waals surface area contributed by atoms with E-state index in [9.17, 15) is 4.79 Å². The van der Waals surface area contributed by atoms with E-state index in [1.165, 1.54) is 6.08 Å². The summed E-state index contributed by atoms with van der Waals surface area (Å²) in [6, 6.07) is 0.241. The molecule has 0 bridgehead atoms. The third kappa shape index (κ3) is 4.08. The summed E-state index contributed by atoms with van der Waals surface area (Å²) in [7, 11) is 4.01. The minimum absolute atomic E-state index is 0.0110. The van der Waals surface area contributed by atoms with E-state index in [4.69, 9.17) is 0 Å². The van der Waals surface area contributed by atoms with Crippen LogP contribution < -0.4 is 0 Å². The van der Waals surface area contributed by atoms with Crippen molar-refractivity contribution in [1.82, 2.24) is 9.80 Å². The third-order valence-corrected chi connectivity index (χ3v) is 1.96. The number of rotatable bonds is 5. The molecule has 1 amide bonds. The van der Waals surface area contributed by atoms with Crippen LogP contribution in [-0.4, -0.2) is 48.9 Å². The van der Waals surface area contributed by atoms with Crippen LogP contribution in [0.3, 0.4) is 0 Å². The highest BCUT2D eigenvalue weighted by Crippen LogP contribution is 2.01. The van der Waals surface area contributed by atoms with Crippen LogP contribution in [-0.2, 0) is 4.79 Å². The predicted molar refractivity (Wildman–Crippen MR) is 55.6 cm³/mol. The fraction of sp³-hybridized carbons (Fsp3) is 0.700. The van der Waals surface area contributed by atoms with Crippen molar-refractivity contribution in [3.63, 3.8) is 0 Å². The van der Waals surface area contributed by atoms with Gasteiger partial charge in [-0.05, 0) is 34.0 Å². The van der Waals surface area contributed by atoms with Crippen LogP contribution in [0, 0.1) is 0 Å². The molecule has 3 heteroatoms. The van der Waals surface area contributed by atoms with Gasteiger partial charge in [0.15, 0.2) is 0 Å². The molecule has 0 fully saturated rings. The maximum Gasteiger partial charge on any atom is 0.246 e. The molecule has 0 saturated carbocycles. The molecule has 0 aromatic heterocycles. The summed E-state index contributed by atoms with van der Waals surface area (Å²) in [6.07, 6.45) is 1.37. The van der Waals surface area contributed by atoms with Gasteiger partial charge in [-0.15, -0.1) is 0 Å². The Morgan fingerprint density at radius 1 is 1.54 bits per heavy atom. The SMILES string of the molecule is C=CC(=O)N(CC)C(C)CN(C)C. The van der Waals surface area contributed by atoms with Crippen molar-refractivity contribution in [1.29, 1.82) is 0 Å². The van der Waals surface area contributed by atoms with Crippen molar-refractivity contribution in [3.05, 3.63) is 12.7 Å². The molecule has 76 valence electrons. The molecule has 0 heterocycles. The largest absolute Gasteiger partial charge is 0.335 e. The maximum atomic E-state index is 11.4. The van der Waals surface area contributed by atoms with Gasteiger partial charge in [-0.2, -0.15) is 0 Å². The molecule has 0 saturated heterocycles. The Labute approximate surface area is 81.0 Å². The topological polar surface area (TPSA) is 23.6 Å². The summed E-state index contributed by atoms with van der Waals surface area (Å²) in [4.78, 5) is 15.2. The monoisotopic (exact) mass is 184 g/mol. The molecule has 1 unspecified atom stereocenters. The molecule has 0 aromatic carbocycles. The van der Waals surface area contributed by atoms with E-state index < -0.39 is 0 Å². The zero-order valence-electron chi connectivity index (χ0n) is 9.08. The number of carbonyl (C=O) groups is 1. The zero-order chi connectivity index (χ0) is 10.4. The maximum absolute atomic E-state index is 11.4. The van der Waals surface area contributed by atoms with Gasteiger partial charge in [-0.3, -0.25) is 4.79 Å². The molecule has 0 aliphatic heterocycles. The molecular formula is C10H20N2O. The predicted octanol–water partition coefficient (Wildman–Crippen LogP) is 0.971. The van der Waals surface area contributed by atoms with Crippen LogP contribution >= 0.6 is 0 Å². The van der Waals surface area contributed by atoms with Gasteiger partial charge in [-0.25, -0.2) is 0 Å². The second kappa shape index (κ2) is 5.75. The highest BCUT2D eigenvalue weighted by Gasteiger charge is 2.15. The standard InChI is InChI=1S/C10H20N2O/c1-6-10(13)12(7-2)9(3)8-11(4)5/h6,9H,1,7-8H2,2-5H3. The average molecular weight is 184 g/mol. The van der Waals surface area contributed by atoms with E-state index in [0.717, 1.165) is 13.1 Å². The molecule has 13 heavy (non-hydrogen) atoms. The van der Waals surface area contributed by atoms with Gasteiger partial charge in [-0.1, -0.05) is 6.58 Å². The van der Waals surface area contributed by atoms with Crippen LogP contribution in [0.25, 0.3) is 0 Å². The summed E-state index contributed by atoms with van der Waals surface area (Å²) in [5.41, 5.74) is 0. The van der Waals surface area contributed by atoms with Crippen molar-refractivity contribution in [2.24, 2.45) is 0 Å². The lowest BCUT2D eigenvalue weighted by molar-refractivity contribution is -0.127. The molecule has 1 atom stereocenters. The Morgan fingerprint density at radius 3 is 2.38 bits per heavy atom. The van der Waals surface area contributed by atoms with E-state index >= 15 is 0 Å². The molecule has 0 aromatic rings. The molecule has 0 aliphatic rings.